The van der Waals surface area contributed by atoms with Crippen LogP contribution in [0.5, 0.6) is 0 Å². The van der Waals surface area contributed by atoms with Gasteiger partial charge in [0.15, 0.2) is 5.82 Å². The number of hydrogen-bond donors (Lipinski definition) is 2. The summed E-state index contributed by atoms with van der Waals surface area (Å²) in [5.74, 6) is -4.12. The molecule has 4 aromatic rings. The van der Waals surface area contributed by atoms with Crippen molar-refractivity contribution in [1.29, 1.82) is 0 Å². The number of rotatable bonds is 8. The van der Waals surface area contributed by atoms with Crippen molar-refractivity contribution in [3.8, 4) is 11.1 Å². The Morgan fingerprint density at radius 2 is 1.82 bits per heavy atom. The molecule has 0 radical (unpaired) electrons. The fraction of sp³-hybridized carbons (Fsp3) is 0.130. The Bertz CT molecular complexity index is 1490. The molecule has 0 bridgehead atoms. The van der Waals surface area contributed by atoms with E-state index >= 15 is 4.39 Å². The van der Waals surface area contributed by atoms with E-state index in [1.165, 1.54) is 6.20 Å². The van der Waals surface area contributed by atoms with Crippen LogP contribution in [0.1, 0.15) is 22.3 Å². The highest BCUT2D eigenvalue weighted by Gasteiger charge is 2.26. The van der Waals surface area contributed by atoms with Crippen molar-refractivity contribution < 1.29 is 26.4 Å². The second kappa shape index (κ2) is 9.47. The minimum atomic E-state index is -4.09. The molecule has 2 aromatic heterocycles. The fourth-order valence-corrected chi connectivity index (χ4v) is 4.64. The number of benzene rings is 2. The summed E-state index contributed by atoms with van der Waals surface area (Å²) in [6, 6.07) is 10.2. The molecule has 34 heavy (non-hydrogen) atoms. The molecule has 4 rings (SSSR count). The van der Waals surface area contributed by atoms with Gasteiger partial charge in [-0.2, -0.15) is 0 Å². The highest BCUT2D eigenvalue weighted by Crippen LogP contribution is 2.30. The van der Waals surface area contributed by atoms with Gasteiger partial charge in [0.1, 0.15) is 11.5 Å². The van der Waals surface area contributed by atoms with Crippen LogP contribution in [-0.4, -0.2) is 36.6 Å². The molecule has 0 fully saturated rings. The van der Waals surface area contributed by atoms with Crippen LogP contribution in [0, 0.1) is 11.6 Å². The lowest BCUT2D eigenvalue weighted by molar-refractivity contribution is 0.103. The zero-order chi connectivity index (χ0) is 24.5. The van der Waals surface area contributed by atoms with Crippen molar-refractivity contribution >= 4 is 44.1 Å². The molecule has 2 heterocycles. The lowest BCUT2D eigenvalue weighted by Gasteiger charge is -2.11. The smallest absolute Gasteiger partial charge is 0.232 e. The van der Waals surface area contributed by atoms with Crippen molar-refractivity contribution in [2.45, 2.75) is 6.42 Å². The summed E-state index contributed by atoms with van der Waals surface area (Å²) in [5.41, 5.74) is 0.152. The fourth-order valence-electron chi connectivity index (χ4n) is 3.43. The van der Waals surface area contributed by atoms with E-state index in [0.717, 1.165) is 17.7 Å². The molecule has 6 nitrogen and oxygen atoms in total. The molecule has 0 unspecified atom stereocenters. The Morgan fingerprint density at radius 1 is 1.09 bits per heavy atom. The van der Waals surface area contributed by atoms with Gasteiger partial charge in [-0.25, -0.2) is 22.2 Å². The highest BCUT2D eigenvalue weighted by atomic mass is 35.5. The van der Waals surface area contributed by atoms with Crippen LogP contribution in [0.4, 0.5) is 18.9 Å². The molecule has 0 aliphatic carbocycles. The maximum Gasteiger partial charge on any atom is 0.232 e. The third kappa shape index (κ3) is 4.78. The number of sulfonamides is 1. The van der Waals surface area contributed by atoms with E-state index in [0.29, 0.717) is 21.6 Å². The van der Waals surface area contributed by atoms with E-state index in [2.05, 4.69) is 9.97 Å². The molecule has 0 aliphatic heterocycles. The summed E-state index contributed by atoms with van der Waals surface area (Å²) in [6.45, 7) is -0.872. The predicted octanol–water partition coefficient (Wildman–Crippen LogP) is 5.49. The number of aromatic amines is 1. The molecular formula is C23H17ClF3N3O3S. The van der Waals surface area contributed by atoms with Crippen molar-refractivity contribution in [2.24, 2.45) is 0 Å². The number of nitrogens with zero attached hydrogens (tertiary/aromatic N) is 1. The molecular weight excluding hydrogens is 491 g/mol. The second-order valence-electron chi connectivity index (χ2n) is 7.41. The number of halogens is 4. The van der Waals surface area contributed by atoms with E-state index in [1.54, 1.807) is 36.5 Å². The summed E-state index contributed by atoms with van der Waals surface area (Å²) in [7, 11) is -4.09. The quantitative estimate of drug-likeness (QED) is 0.308. The summed E-state index contributed by atoms with van der Waals surface area (Å²) in [5, 5.41) is 0.867. The largest absolute Gasteiger partial charge is 0.345 e. The lowest BCUT2D eigenvalue weighted by atomic mass is 10.00. The second-order valence-corrected chi connectivity index (χ2v) is 9.68. The molecule has 0 aliphatic rings. The number of pyridine rings is 1. The summed E-state index contributed by atoms with van der Waals surface area (Å²) in [6.07, 6.45) is 2.56. The number of carbonyl (C=O) groups is 1. The zero-order valence-corrected chi connectivity index (χ0v) is 19.0. The van der Waals surface area contributed by atoms with Crippen molar-refractivity contribution in [2.75, 3.05) is 17.1 Å². The van der Waals surface area contributed by atoms with Gasteiger partial charge in [-0.15, -0.1) is 0 Å². The number of aromatic nitrogens is 2. The maximum atomic E-state index is 15.1. The zero-order valence-electron chi connectivity index (χ0n) is 17.4. The van der Waals surface area contributed by atoms with Crippen molar-refractivity contribution in [3.05, 3.63) is 82.6 Å². The number of hydrogen-bond acceptors (Lipinski definition) is 4. The average Bonchev–Trinajstić information content (AvgIpc) is 3.23. The van der Waals surface area contributed by atoms with Crippen LogP contribution in [0.3, 0.4) is 0 Å². The van der Waals surface area contributed by atoms with Crippen LogP contribution in [0.2, 0.25) is 5.02 Å². The first-order valence-electron chi connectivity index (χ1n) is 10.0. The van der Waals surface area contributed by atoms with Crippen LogP contribution in [0.25, 0.3) is 22.2 Å². The average molecular weight is 508 g/mol. The molecule has 2 aromatic carbocycles. The highest BCUT2D eigenvalue weighted by molar-refractivity contribution is 7.92. The first-order chi connectivity index (χ1) is 16.2. The Balaban J connectivity index is 1.75. The molecule has 176 valence electrons. The number of H-pyrrole nitrogens is 1. The normalized spacial score (nSPS) is 11.6. The minimum Gasteiger partial charge on any atom is -0.345 e. The standard InChI is InChI=1S/C23H17ClF3N3O3S/c24-15-4-2-13(3-5-15)14-10-16-17(12-29-23(16)28-11-14)22(31)20-18(26)6-7-19(21(20)27)30-34(32,33)9-1-8-25/h2-7,10-12,30H,1,8-9H2,(H,28,29). The van der Waals surface area contributed by atoms with Gasteiger partial charge in [-0.05, 0) is 42.3 Å². The van der Waals surface area contributed by atoms with Crippen LogP contribution in [-0.2, 0) is 10.0 Å². The number of fused-ring (bicyclic) bond motifs is 1. The van der Waals surface area contributed by atoms with Crippen molar-refractivity contribution in [1.82, 2.24) is 9.97 Å². The van der Waals surface area contributed by atoms with Gasteiger partial charge in [0.05, 0.1) is 23.7 Å². The third-order valence-corrected chi connectivity index (χ3v) is 6.69. The summed E-state index contributed by atoms with van der Waals surface area (Å²) in [4.78, 5) is 20.2. The Labute approximate surface area is 197 Å². The van der Waals surface area contributed by atoms with Crippen LogP contribution < -0.4 is 4.72 Å². The van der Waals surface area contributed by atoms with Gasteiger partial charge in [0.2, 0.25) is 15.8 Å². The van der Waals surface area contributed by atoms with Crippen LogP contribution in [0.15, 0.2) is 54.9 Å². The first kappa shape index (κ1) is 23.8. The number of nitrogens with one attached hydrogen (secondary N) is 2. The van der Waals surface area contributed by atoms with Crippen LogP contribution >= 0.6 is 11.6 Å². The monoisotopic (exact) mass is 507 g/mol. The molecule has 0 saturated heterocycles. The van der Waals surface area contributed by atoms with E-state index in [-0.39, 0.29) is 12.0 Å². The Hall–Kier alpha value is -3.37. The van der Waals surface area contributed by atoms with Gasteiger partial charge in [-0.1, -0.05) is 23.7 Å². The van der Waals surface area contributed by atoms with Gasteiger partial charge in [-0.3, -0.25) is 13.9 Å². The van der Waals surface area contributed by atoms with Crippen molar-refractivity contribution in [3.63, 3.8) is 0 Å². The third-order valence-electron chi connectivity index (χ3n) is 5.08. The molecule has 0 saturated carbocycles. The van der Waals surface area contributed by atoms with E-state index in [4.69, 9.17) is 11.6 Å². The summed E-state index contributed by atoms with van der Waals surface area (Å²) < 4.78 is 68.0. The lowest BCUT2D eigenvalue weighted by Crippen LogP contribution is -2.19. The number of alkyl halides is 1. The van der Waals surface area contributed by atoms with Gasteiger partial charge in [0.25, 0.3) is 0 Å². The minimum absolute atomic E-state index is 0.0476. The number of anilines is 1. The van der Waals surface area contributed by atoms with E-state index < -0.39 is 51.1 Å². The molecule has 11 heteroatoms. The molecule has 0 amide bonds. The molecule has 0 spiro atoms. The van der Waals surface area contributed by atoms with Gasteiger partial charge in [0, 0.05) is 33.9 Å². The number of ketones is 1. The predicted molar refractivity (Wildman–Crippen MR) is 124 cm³/mol. The first-order valence-corrected chi connectivity index (χ1v) is 12.1. The Morgan fingerprint density at radius 3 is 2.53 bits per heavy atom. The van der Waals surface area contributed by atoms with E-state index in [1.807, 2.05) is 4.72 Å². The molecule has 2 N–H and O–H groups in total. The SMILES string of the molecule is O=C(c1c(F)ccc(NS(=O)(=O)CCCF)c1F)c1c[nH]c2ncc(-c3ccc(Cl)cc3)cc12. The topological polar surface area (TPSA) is 91.9 Å². The van der Waals surface area contributed by atoms with E-state index in [9.17, 15) is 22.0 Å². The maximum absolute atomic E-state index is 15.1. The Kier molecular flexibility index (Phi) is 6.63. The molecule has 0 atom stereocenters. The number of carbonyl (C=O) groups excluding carboxylic acids is 1. The van der Waals surface area contributed by atoms with Gasteiger partial charge < -0.3 is 4.98 Å². The summed E-state index contributed by atoms with van der Waals surface area (Å²) >= 11 is 5.92. The van der Waals surface area contributed by atoms with Gasteiger partial charge >= 0.3 is 0 Å².